The first kappa shape index (κ1) is 17.0. The van der Waals surface area contributed by atoms with Crippen molar-refractivity contribution < 1.29 is 14.4 Å². The predicted octanol–water partition coefficient (Wildman–Crippen LogP) is 2.43. The highest BCUT2D eigenvalue weighted by molar-refractivity contribution is 6.09. The number of nitrogens with one attached hydrogen (secondary N) is 1. The lowest BCUT2D eigenvalue weighted by Crippen LogP contribution is -2.33. The first-order chi connectivity index (χ1) is 11.7. The Labute approximate surface area is 146 Å². The van der Waals surface area contributed by atoms with Crippen LogP contribution in [0.3, 0.4) is 0 Å². The van der Waals surface area contributed by atoms with E-state index in [1.165, 1.54) is 6.07 Å². The Morgan fingerprint density at radius 3 is 2.44 bits per heavy atom. The van der Waals surface area contributed by atoms with Crippen LogP contribution >= 0.6 is 0 Å². The molecule has 0 spiro atoms. The van der Waals surface area contributed by atoms with Crippen LogP contribution in [0.5, 0.6) is 0 Å². The van der Waals surface area contributed by atoms with Crippen molar-refractivity contribution in [3.05, 3.63) is 58.4 Å². The van der Waals surface area contributed by atoms with Crippen molar-refractivity contribution in [2.75, 3.05) is 5.43 Å². The minimum absolute atomic E-state index is 0.0832. The molecule has 6 nitrogen and oxygen atoms in total. The molecule has 3 N–H and O–H groups in total. The van der Waals surface area contributed by atoms with Crippen molar-refractivity contribution in [3.63, 3.8) is 0 Å². The molecule has 1 aliphatic carbocycles. The van der Waals surface area contributed by atoms with Gasteiger partial charge in [0.25, 0.3) is 5.91 Å². The minimum Gasteiger partial charge on any atom is -0.366 e. The SMILES string of the molecule is Cc1cc2c(n1NC(=O)c1ccccc1C(N)=O)CC(C)(C)CC2=O. The van der Waals surface area contributed by atoms with Gasteiger partial charge in [-0.1, -0.05) is 26.0 Å². The summed E-state index contributed by atoms with van der Waals surface area (Å²) in [5, 5.41) is 0. The Hall–Kier alpha value is -2.89. The first-order valence-corrected chi connectivity index (χ1v) is 8.14. The van der Waals surface area contributed by atoms with Crippen LogP contribution in [0.1, 0.15) is 62.7 Å². The van der Waals surface area contributed by atoms with E-state index in [1.807, 2.05) is 20.8 Å². The smallest absolute Gasteiger partial charge is 0.270 e. The normalized spacial score (nSPS) is 15.6. The van der Waals surface area contributed by atoms with Crippen molar-refractivity contribution in [1.82, 2.24) is 4.68 Å². The third-order valence-electron chi connectivity index (χ3n) is 4.52. The number of aromatic nitrogens is 1. The number of primary amides is 1. The van der Waals surface area contributed by atoms with E-state index in [4.69, 9.17) is 5.73 Å². The second kappa shape index (κ2) is 5.88. The van der Waals surface area contributed by atoms with Gasteiger partial charge in [0.15, 0.2) is 5.78 Å². The molecule has 0 unspecified atom stereocenters. The standard InChI is InChI=1S/C19H21N3O3/c1-11-8-14-15(9-19(2,3)10-16(14)23)22(11)21-18(25)13-7-5-4-6-12(13)17(20)24/h4-8H,9-10H2,1-3H3,(H2,20,24)(H,21,25). The number of fused-ring (bicyclic) bond motifs is 1. The molecule has 130 valence electrons. The average Bonchev–Trinajstić information content (AvgIpc) is 2.83. The fourth-order valence-electron chi connectivity index (χ4n) is 3.36. The van der Waals surface area contributed by atoms with Crippen LogP contribution in [0.15, 0.2) is 30.3 Å². The number of ketones is 1. The summed E-state index contributed by atoms with van der Waals surface area (Å²) in [5.41, 5.74) is 10.6. The molecule has 2 aromatic rings. The Kier molecular flexibility index (Phi) is 3.99. The van der Waals surface area contributed by atoms with Crippen LogP contribution in [-0.4, -0.2) is 22.3 Å². The van der Waals surface area contributed by atoms with Gasteiger partial charge in [-0.2, -0.15) is 0 Å². The fraction of sp³-hybridized carbons (Fsp3) is 0.316. The van der Waals surface area contributed by atoms with Crippen molar-refractivity contribution >= 4 is 17.6 Å². The lowest BCUT2D eigenvalue weighted by molar-refractivity contribution is 0.0906. The molecular formula is C19H21N3O3. The Morgan fingerprint density at radius 2 is 1.80 bits per heavy atom. The molecule has 1 aromatic carbocycles. The Morgan fingerprint density at radius 1 is 1.16 bits per heavy atom. The van der Waals surface area contributed by atoms with Gasteiger partial charge in [-0.05, 0) is 37.0 Å². The molecule has 1 heterocycles. The summed E-state index contributed by atoms with van der Waals surface area (Å²) in [6.07, 6.45) is 1.17. The number of Topliss-reactive ketones (excluding diaryl/α,β-unsaturated/α-hetero) is 1. The van der Waals surface area contributed by atoms with Crippen LogP contribution in [0, 0.1) is 12.3 Å². The summed E-state index contributed by atoms with van der Waals surface area (Å²) < 4.78 is 1.65. The number of carbonyl (C=O) groups excluding carboxylic acids is 3. The van der Waals surface area contributed by atoms with Crippen molar-refractivity contribution in [3.8, 4) is 0 Å². The molecule has 1 aliphatic rings. The van der Waals surface area contributed by atoms with Crippen LogP contribution < -0.4 is 11.2 Å². The van der Waals surface area contributed by atoms with E-state index < -0.39 is 11.8 Å². The fourth-order valence-corrected chi connectivity index (χ4v) is 3.36. The summed E-state index contributed by atoms with van der Waals surface area (Å²) in [4.78, 5) is 36.6. The maximum Gasteiger partial charge on any atom is 0.270 e. The molecule has 0 saturated heterocycles. The number of nitrogens with zero attached hydrogens (tertiary/aromatic N) is 1. The van der Waals surface area contributed by atoms with E-state index >= 15 is 0 Å². The lowest BCUT2D eigenvalue weighted by Gasteiger charge is -2.29. The van der Waals surface area contributed by atoms with Gasteiger partial charge in [0, 0.05) is 17.7 Å². The van der Waals surface area contributed by atoms with E-state index in [0.29, 0.717) is 18.4 Å². The molecule has 0 aliphatic heterocycles. The van der Waals surface area contributed by atoms with Gasteiger partial charge in [-0.3, -0.25) is 24.5 Å². The van der Waals surface area contributed by atoms with Gasteiger partial charge in [0.05, 0.1) is 16.8 Å². The van der Waals surface area contributed by atoms with Gasteiger partial charge in [0.1, 0.15) is 0 Å². The van der Waals surface area contributed by atoms with Crippen molar-refractivity contribution in [2.45, 2.75) is 33.6 Å². The molecule has 0 bridgehead atoms. The number of amides is 2. The molecule has 0 fully saturated rings. The van der Waals surface area contributed by atoms with Gasteiger partial charge < -0.3 is 5.73 Å². The van der Waals surface area contributed by atoms with Gasteiger partial charge >= 0.3 is 0 Å². The molecule has 25 heavy (non-hydrogen) atoms. The van der Waals surface area contributed by atoms with E-state index in [9.17, 15) is 14.4 Å². The third-order valence-corrected chi connectivity index (χ3v) is 4.52. The van der Waals surface area contributed by atoms with Crippen LogP contribution in [0.4, 0.5) is 0 Å². The third kappa shape index (κ3) is 3.07. The highest BCUT2D eigenvalue weighted by Crippen LogP contribution is 2.35. The largest absolute Gasteiger partial charge is 0.366 e. The minimum atomic E-state index is -0.659. The molecule has 6 heteroatoms. The summed E-state index contributed by atoms with van der Waals surface area (Å²) in [6, 6.07) is 8.19. The van der Waals surface area contributed by atoms with Crippen LogP contribution in [-0.2, 0) is 6.42 Å². The highest BCUT2D eigenvalue weighted by Gasteiger charge is 2.34. The predicted molar refractivity (Wildman–Crippen MR) is 94.3 cm³/mol. The Balaban J connectivity index is 1.99. The average molecular weight is 339 g/mol. The number of hydrogen-bond acceptors (Lipinski definition) is 3. The highest BCUT2D eigenvalue weighted by atomic mass is 16.2. The summed E-state index contributed by atoms with van der Waals surface area (Å²) in [7, 11) is 0. The summed E-state index contributed by atoms with van der Waals surface area (Å²) in [5.74, 6) is -1.01. The zero-order valence-electron chi connectivity index (χ0n) is 14.6. The molecule has 0 radical (unpaired) electrons. The Bertz CT molecular complexity index is 893. The van der Waals surface area contributed by atoms with Crippen molar-refractivity contribution in [2.24, 2.45) is 11.1 Å². The number of hydrogen-bond donors (Lipinski definition) is 2. The second-order valence-corrected chi connectivity index (χ2v) is 7.27. The zero-order valence-corrected chi connectivity index (χ0v) is 14.6. The molecule has 1 aromatic heterocycles. The number of rotatable bonds is 3. The second-order valence-electron chi connectivity index (χ2n) is 7.27. The number of carbonyl (C=O) groups is 3. The number of benzene rings is 1. The topological polar surface area (TPSA) is 94.2 Å². The van der Waals surface area contributed by atoms with Gasteiger partial charge in [0.2, 0.25) is 5.91 Å². The van der Waals surface area contributed by atoms with Crippen LogP contribution in [0.2, 0.25) is 0 Å². The lowest BCUT2D eigenvalue weighted by atomic mass is 9.76. The number of nitrogens with two attached hydrogens (primary N) is 1. The van der Waals surface area contributed by atoms with E-state index in [1.54, 1.807) is 28.9 Å². The van der Waals surface area contributed by atoms with E-state index in [-0.39, 0.29) is 22.3 Å². The zero-order chi connectivity index (χ0) is 18.4. The van der Waals surface area contributed by atoms with Crippen molar-refractivity contribution in [1.29, 1.82) is 0 Å². The van der Waals surface area contributed by atoms with Crippen LogP contribution in [0.25, 0.3) is 0 Å². The monoisotopic (exact) mass is 339 g/mol. The summed E-state index contributed by atoms with van der Waals surface area (Å²) in [6.45, 7) is 5.90. The quantitative estimate of drug-likeness (QED) is 0.899. The maximum absolute atomic E-state index is 12.7. The van der Waals surface area contributed by atoms with E-state index in [2.05, 4.69) is 5.43 Å². The van der Waals surface area contributed by atoms with Gasteiger partial charge in [-0.15, -0.1) is 0 Å². The molecule has 3 rings (SSSR count). The number of aryl methyl sites for hydroxylation is 1. The molecule has 2 amide bonds. The van der Waals surface area contributed by atoms with E-state index in [0.717, 1.165) is 11.4 Å². The molecule has 0 atom stereocenters. The first-order valence-electron chi connectivity index (χ1n) is 8.14. The maximum atomic E-state index is 12.7. The van der Waals surface area contributed by atoms with Gasteiger partial charge in [-0.25, -0.2) is 0 Å². The molecule has 0 saturated carbocycles. The molecular weight excluding hydrogens is 318 g/mol. The summed E-state index contributed by atoms with van der Waals surface area (Å²) >= 11 is 0.